The molecule has 2 aromatic rings. The van der Waals surface area contributed by atoms with Crippen LogP contribution < -0.4 is 5.32 Å². The molecule has 0 bridgehead atoms. The van der Waals surface area contributed by atoms with Crippen LogP contribution in [0.3, 0.4) is 0 Å². The average Bonchev–Trinajstić information content (AvgIpc) is 2.71. The number of nitrogens with zero attached hydrogens (tertiary/aromatic N) is 2. The third-order valence-corrected chi connectivity index (χ3v) is 5.26. The Kier molecular flexibility index (Phi) is 7.36. The lowest BCUT2D eigenvalue weighted by molar-refractivity contribution is -0.130. The molecule has 1 amide bonds. The highest BCUT2D eigenvalue weighted by Gasteiger charge is 2.35. The first kappa shape index (κ1) is 19.5. The van der Waals surface area contributed by atoms with Crippen molar-refractivity contribution in [1.82, 2.24) is 15.2 Å². The molecule has 2 atom stereocenters. The van der Waals surface area contributed by atoms with Gasteiger partial charge in [-0.15, -0.1) is 0 Å². The molecule has 3 rings (SSSR count). The minimum atomic E-state index is -0.0279. The van der Waals surface area contributed by atoms with Crippen LogP contribution in [-0.2, 0) is 22.5 Å². The zero-order valence-electron chi connectivity index (χ0n) is 16.0. The predicted octanol–water partition coefficient (Wildman–Crippen LogP) is 2.67. The van der Waals surface area contributed by atoms with Crippen molar-refractivity contribution >= 4 is 5.91 Å². The number of carbonyl (C=O) groups excluding carboxylic acids is 1. The van der Waals surface area contributed by atoms with Gasteiger partial charge in [0.15, 0.2) is 0 Å². The van der Waals surface area contributed by atoms with Crippen molar-refractivity contribution in [3.05, 3.63) is 66.0 Å². The van der Waals surface area contributed by atoms with E-state index >= 15 is 0 Å². The highest BCUT2D eigenvalue weighted by molar-refractivity contribution is 5.79. The minimum Gasteiger partial charge on any atom is -0.383 e. The van der Waals surface area contributed by atoms with E-state index < -0.39 is 0 Å². The fourth-order valence-electron chi connectivity index (χ4n) is 3.85. The monoisotopic (exact) mass is 367 g/mol. The van der Waals surface area contributed by atoms with Gasteiger partial charge in [0.1, 0.15) is 0 Å². The van der Waals surface area contributed by atoms with Gasteiger partial charge in [0, 0.05) is 38.6 Å². The van der Waals surface area contributed by atoms with Crippen molar-refractivity contribution < 1.29 is 9.53 Å². The van der Waals surface area contributed by atoms with E-state index in [4.69, 9.17) is 4.74 Å². The van der Waals surface area contributed by atoms with Crippen LogP contribution in [0.15, 0.2) is 54.9 Å². The molecule has 1 N–H and O–H groups in total. The molecular formula is C22H29N3O2. The summed E-state index contributed by atoms with van der Waals surface area (Å²) in [6, 6.07) is 14.5. The lowest BCUT2D eigenvalue weighted by atomic mass is 9.88. The van der Waals surface area contributed by atoms with Gasteiger partial charge in [-0.3, -0.25) is 14.7 Å². The second-order valence-corrected chi connectivity index (χ2v) is 7.12. The minimum absolute atomic E-state index is 0.0279. The van der Waals surface area contributed by atoms with Gasteiger partial charge < -0.3 is 10.1 Å². The van der Waals surface area contributed by atoms with Gasteiger partial charge in [-0.05, 0) is 49.1 Å². The molecule has 0 spiro atoms. The van der Waals surface area contributed by atoms with Gasteiger partial charge in [0.05, 0.1) is 12.5 Å². The summed E-state index contributed by atoms with van der Waals surface area (Å²) in [4.78, 5) is 19.3. The molecular weight excluding hydrogens is 338 g/mol. The van der Waals surface area contributed by atoms with Crippen molar-refractivity contribution in [2.75, 3.05) is 26.8 Å². The van der Waals surface area contributed by atoms with E-state index in [0.717, 1.165) is 32.4 Å². The zero-order valence-corrected chi connectivity index (χ0v) is 16.0. The second kappa shape index (κ2) is 10.2. The molecule has 1 aliphatic rings. The van der Waals surface area contributed by atoms with E-state index in [1.165, 1.54) is 11.1 Å². The molecule has 0 unspecified atom stereocenters. The normalized spacial score (nSPS) is 20.3. The largest absolute Gasteiger partial charge is 0.383 e. The van der Waals surface area contributed by atoms with Crippen LogP contribution in [0.1, 0.15) is 24.0 Å². The average molecular weight is 367 g/mol. The summed E-state index contributed by atoms with van der Waals surface area (Å²) in [6.45, 7) is 3.09. The van der Waals surface area contributed by atoms with Crippen molar-refractivity contribution in [3.8, 4) is 0 Å². The molecule has 1 aromatic carbocycles. The summed E-state index contributed by atoms with van der Waals surface area (Å²) in [6.07, 6.45) is 6.35. The molecule has 0 saturated carbocycles. The zero-order chi connectivity index (χ0) is 18.9. The SMILES string of the molecule is COC[C@@H]1[C@H](C(=O)NCCc2ccncc2)CCCN1Cc1ccccc1. The van der Waals surface area contributed by atoms with Crippen LogP contribution in [-0.4, -0.2) is 48.6 Å². The van der Waals surface area contributed by atoms with E-state index in [2.05, 4.69) is 39.5 Å². The fourth-order valence-corrected chi connectivity index (χ4v) is 3.85. The number of aromatic nitrogens is 1. The van der Waals surface area contributed by atoms with Crippen molar-refractivity contribution in [2.45, 2.75) is 31.8 Å². The first-order chi connectivity index (χ1) is 13.3. The second-order valence-electron chi connectivity index (χ2n) is 7.12. The smallest absolute Gasteiger partial charge is 0.224 e. The molecule has 1 aliphatic heterocycles. The van der Waals surface area contributed by atoms with Crippen molar-refractivity contribution in [1.29, 1.82) is 0 Å². The van der Waals surface area contributed by atoms with E-state index in [0.29, 0.717) is 13.2 Å². The molecule has 2 heterocycles. The van der Waals surface area contributed by atoms with Gasteiger partial charge in [-0.2, -0.15) is 0 Å². The molecule has 1 aromatic heterocycles. The number of carbonyl (C=O) groups is 1. The Morgan fingerprint density at radius 2 is 1.96 bits per heavy atom. The number of nitrogens with one attached hydrogen (secondary N) is 1. The quantitative estimate of drug-likeness (QED) is 0.779. The van der Waals surface area contributed by atoms with Crippen LogP contribution in [0.5, 0.6) is 0 Å². The van der Waals surface area contributed by atoms with Crippen molar-refractivity contribution in [2.24, 2.45) is 5.92 Å². The molecule has 1 saturated heterocycles. The topological polar surface area (TPSA) is 54.5 Å². The highest BCUT2D eigenvalue weighted by Crippen LogP contribution is 2.26. The Morgan fingerprint density at radius 1 is 1.19 bits per heavy atom. The molecule has 0 aliphatic carbocycles. The number of rotatable bonds is 8. The number of amides is 1. The third kappa shape index (κ3) is 5.62. The van der Waals surface area contributed by atoms with Crippen LogP contribution in [0, 0.1) is 5.92 Å². The number of piperidine rings is 1. The number of ether oxygens (including phenoxy) is 1. The van der Waals surface area contributed by atoms with E-state index in [-0.39, 0.29) is 17.9 Å². The van der Waals surface area contributed by atoms with Gasteiger partial charge in [-0.1, -0.05) is 30.3 Å². The Balaban J connectivity index is 1.59. The van der Waals surface area contributed by atoms with Crippen LogP contribution in [0.2, 0.25) is 0 Å². The maximum atomic E-state index is 12.9. The summed E-state index contributed by atoms with van der Waals surface area (Å²) in [5, 5.41) is 3.13. The van der Waals surface area contributed by atoms with E-state index in [1.807, 2.05) is 18.2 Å². The number of likely N-dealkylation sites (tertiary alicyclic amines) is 1. The van der Waals surface area contributed by atoms with Crippen LogP contribution in [0.25, 0.3) is 0 Å². The van der Waals surface area contributed by atoms with Crippen molar-refractivity contribution in [3.63, 3.8) is 0 Å². The molecule has 0 radical (unpaired) electrons. The van der Waals surface area contributed by atoms with E-state index in [9.17, 15) is 4.79 Å². The van der Waals surface area contributed by atoms with Crippen LogP contribution >= 0.6 is 0 Å². The maximum absolute atomic E-state index is 12.9. The fraction of sp³-hybridized carbons (Fsp3) is 0.455. The molecule has 5 heteroatoms. The summed E-state index contributed by atoms with van der Waals surface area (Å²) in [7, 11) is 1.72. The standard InChI is InChI=1S/C22H29N3O2/c1-27-17-21-20(22(26)24-14-11-18-9-12-23-13-10-18)8-5-15-25(21)16-19-6-3-2-4-7-19/h2-4,6-7,9-10,12-13,20-21H,5,8,11,14-17H2,1H3,(H,24,26)/t20-,21-/m1/s1. The number of pyridine rings is 1. The number of benzene rings is 1. The van der Waals surface area contributed by atoms with Gasteiger partial charge in [0.2, 0.25) is 5.91 Å². The molecule has 27 heavy (non-hydrogen) atoms. The summed E-state index contributed by atoms with van der Waals surface area (Å²) >= 11 is 0. The molecule has 5 nitrogen and oxygen atoms in total. The Hall–Kier alpha value is -2.24. The maximum Gasteiger partial charge on any atom is 0.224 e. The molecule has 144 valence electrons. The van der Waals surface area contributed by atoms with E-state index in [1.54, 1.807) is 19.5 Å². The Morgan fingerprint density at radius 3 is 2.70 bits per heavy atom. The Labute approximate surface area is 161 Å². The summed E-state index contributed by atoms with van der Waals surface area (Å²) in [5.74, 6) is 0.115. The molecule has 1 fully saturated rings. The Bertz CT molecular complexity index is 693. The highest BCUT2D eigenvalue weighted by atomic mass is 16.5. The van der Waals surface area contributed by atoms with Gasteiger partial charge in [-0.25, -0.2) is 0 Å². The van der Waals surface area contributed by atoms with Gasteiger partial charge >= 0.3 is 0 Å². The van der Waals surface area contributed by atoms with Gasteiger partial charge in [0.25, 0.3) is 0 Å². The first-order valence-corrected chi connectivity index (χ1v) is 9.71. The number of hydrogen-bond acceptors (Lipinski definition) is 4. The number of methoxy groups -OCH3 is 1. The summed E-state index contributed by atoms with van der Waals surface area (Å²) in [5.41, 5.74) is 2.46. The predicted molar refractivity (Wildman–Crippen MR) is 106 cm³/mol. The summed E-state index contributed by atoms with van der Waals surface area (Å²) < 4.78 is 5.47. The number of hydrogen-bond donors (Lipinski definition) is 1. The van der Waals surface area contributed by atoms with Crippen LogP contribution in [0.4, 0.5) is 0 Å². The third-order valence-electron chi connectivity index (χ3n) is 5.26. The lowest BCUT2D eigenvalue weighted by Crippen LogP contribution is -2.52. The lowest BCUT2D eigenvalue weighted by Gasteiger charge is -2.40. The first-order valence-electron chi connectivity index (χ1n) is 9.71.